The van der Waals surface area contributed by atoms with E-state index in [2.05, 4.69) is 10.3 Å². The van der Waals surface area contributed by atoms with Crippen LogP contribution in [-0.4, -0.2) is 31.3 Å². The smallest absolute Gasteiger partial charge is 0.343 e. The number of nitrogens with zero attached hydrogens (tertiary/aromatic N) is 1. The van der Waals surface area contributed by atoms with Crippen LogP contribution >= 0.6 is 23.4 Å². The van der Waals surface area contributed by atoms with Gasteiger partial charge < -0.3 is 19.5 Å². The Balaban J connectivity index is 1.50. The van der Waals surface area contributed by atoms with E-state index in [1.54, 1.807) is 79.9 Å². The number of nitrogens with one attached hydrogen (secondary N) is 1. The van der Waals surface area contributed by atoms with Crippen LogP contribution in [0.25, 0.3) is 6.08 Å². The Hall–Kier alpha value is -3.75. The third kappa shape index (κ3) is 5.59. The van der Waals surface area contributed by atoms with Crippen LogP contribution in [0.2, 0.25) is 5.02 Å². The van der Waals surface area contributed by atoms with Crippen molar-refractivity contribution >= 4 is 52.2 Å². The van der Waals surface area contributed by atoms with Crippen LogP contribution in [0.5, 0.6) is 17.2 Å². The van der Waals surface area contributed by atoms with Gasteiger partial charge in [0.05, 0.1) is 30.4 Å². The molecule has 0 aliphatic carbocycles. The van der Waals surface area contributed by atoms with Gasteiger partial charge in [0.2, 0.25) is 0 Å². The molecule has 4 rings (SSSR count). The van der Waals surface area contributed by atoms with Gasteiger partial charge in [-0.05, 0) is 84.1 Å². The number of aliphatic imine (C=N–C) groups is 1. The van der Waals surface area contributed by atoms with Crippen molar-refractivity contribution in [3.63, 3.8) is 0 Å². The normalized spacial score (nSPS) is 15.3. The van der Waals surface area contributed by atoms with Crippen molar-refractivity contribution in [2.24, 2.45) is 4.99 Å². The summed E-state index contributed by atoms with van der Waals surface area (Å²) in [7, 11) is 3.03. The SMILES string of the molecule is COc1ccc(C(=O)Oc2ccc(/C=C3\SC(=Nc4ccc(Cl)cc4)NC3=O)cc2OC)cc1. The molecule has 1 heterocycles. The number of thioether (sulfide) groups is 1. The highest BCUT2D eigenvalue weighted by molar-refractivity contribution is 8.18. The zero-order valence-corrected chi connectivity index (χ0v) is 19.8. The van der Waals surface area contributed by atoms with Gasteiger partial charge in [-0.25, -0.2) is 9.79 Å². The first-order chi connectivity index (χ1) is 16.4. The quantitative estimate of drug-likeness (QED) is 0.278. The largest absolute Gasteiger partial charge is 0.497 e. The van der Waals surface area contributed by atoms with Crippen molar-refractivity contribution < 1.29 is 23.8 Å². The zero-order chi connectivity index (χ0) is 24.1. The van der Waals surface area contributed by atoms with Crippen molar-refractivity contribution in [2.75, 3.05) is 14.2 Å². The molecule has 0 spiro atoms. The number of carbonyl (C=O) groups is 2. The molecule has 0 radical (unpaired) electrons. The number of halogens is 1. The molecule has 1 amide bonds. The molecular formula is C25H19ClN2O5S. The number of amidine groups is 1. The Kier molecular flexibility index (Phi) is 7.20. The Morgan fingerprint density at radius 3 is 2.38 bits per heavy atom. The summed E-state index contributed by atoms with van der Waals surface area (Å²) >= 11 is 7.12. The fourth-order valence-corrected chi connectivity index (χ4v) is 3.98. The van der Waals surface area contributed by atoms with E-state index in [0.29, 0.717) is 43.4 Å². The highest BCUT2D eigenvalue weighted by Crippen LogP contribution is 2.33. The van der Waals surface area contributed by atoms with E-state index in [4.69, 9.17) is 25.8 Å². The van der Waals surface area contributed by atoms with E-state index in [-0.39, 0.29) is 11.7 Å². The van der Waals surface area contributed by atoms with E-state index in [0.717, 1.165) is 0 Å². The molecule has 0 atom stereocenters. The second kappa shape index (κ2) is 10.5. The summed E-state index contributed by atoms with van der Waals surface area (Å²) in [5.74, 6) is 0.475. The maximum atomic E-state index is 12.5. The van der Waals surface area contributed by atoms with Crippen LogP contribution in [0.15, 0.2) is 76.6 Å². The number of carbonyl (C=O) groups excluding carboxylic acids is 2. The lowest BCUT2D eigenvalue weighted by atomic mass is 10.1. The van der Waals surface area contributed by atoms with E-state index in [9.17, 15) is 9.59 Å². The van der Waals surface area contributed by atoms with Gasteiger partial charge in [0, 0.05) is 5.02 Å². The monoisotopic (exact) mass is 494 g/mol. The molecule has 0 aromatic heterocycles. The van der Waals surface area contributed by atoms with Gasteiger partial charge in [-0.1, -0.05) is 17.7 Å². The van der Waals surface area contributed by atoms with Crippen LogP contribution in [0.1, 0.15) is 15.9 Å². The summed E-state index contributed by atoms with van der Waals surface area (Å²) in [5.41, 5.74) is 1.75. The van der Waals surface area contributed by atoms with Crippen molar-refractivity contribution in [2.45, 2.75) is 0 Å². The van der Waals surface area contributed by atoms with Crippen molar-refractivity contribution in [3.05, 3.63) is 87.8 Å². The number of hydrogen-bond donors (Lipinski definition) is 1. The lowest BCUT2D eigenvalue weighted by Gasteiger charge is -2.10. The number of ether oxygens (including phenoxy) is 3. The summed E-state index contributed by atoms with van der Waals surface area (Å²) in [4.78, 5) is 29.8. The van der Waals surface area contributed by atoms with Gasteiger partial charge in [-0.15, -0.1) is 0 Å². The number of methoxy groups -OCH3 is 2. The molecule has 0 unspecified atom stereocenters. The Morgan fingerprint density at radius 2 is 1.71 bits per heavy atom. The van der Waals surface area contributed by atoms with Gasteiger partial charge in [0.15, 0.2) is 16.7 Å². The zero-order valence-electron chi connectivity index (χ0n) is 18.2. The highest BCUT2D eigenvalue weighted by atomic mass is 35.5. The van der Waals surface area contributed by atoms with Gasteiger partial charge in [-0.2, -0.15) is 0 Å². The average Bonchev–Trinajstić information content (AvgIpc) is 3.19. The van der Waals surface area contributed by atoms with Crippen molar-refractivity contribution in [3.8, 4) is 17.2 Å². The number of hydrogen-bond acceptors (Lipinski definition) is 7. The molecule has 1 saturated heterocycles. The third-order valence-electron chi connectivity index (χ3n) is 4.72. The topological polar surface area (TPSA) is 86.2 Å². The maximum Gasteiger partial charge on any atom is 0.343 e. The molecule has 3 aromatic rings. The van der Waals surface area contributed by atoms with E-state index in [1.807, 2.05) is 0 Å². The van der Waals surface area contributed by atoms with Crippen LogP contribution in [0, 0.1) is 0 Å². The first-order valence-electron chi connectivity index (χ1n) is 10.0. The predicted octanol–water partition coefficient (Wildman–Crippen LogP) is 5.47. The number of esters is 1. The standard InChI is InChI=1S/C25H19ClN2O5S/c1-31-19-10-4-16(5-11-19)24(30)33-20-12-3-15(13-21(20)32-2)14-22-23(29)28-25(34-22)27-18-8-6-17(26)7-9-18/h3-14H,1-2H3,(H,27,28,29)/b22-14-. The third-order valence-corrected chi connectivity index (χ3v) is 5.88. The Bertz CT molecular complexity index is 1290. The average molecular weight is 495 g/mol. The molecule has 172 valence electrons. The Labute approximate surface area is 205 Å². The molecule has 1 aliphatic heterocycles. The van der Waals surface area contributed by atoms with Gasteiger partial charge in [0.25, 0.3) is 5.91 Å². The molecule has 1 fully saturated rings. The summed E-state index contributed by atoms with van der Waals surface area (Å²) in [6.45, 7) is 0. The van der Waals surface area contributed by atoms with E-state index in [1.165, 1.54) is 18.9 Å². The predicted molar refractivity (Wildman–Crippen MR) is 133 cm³/mol. The maximum absolute atomic E-state index is 12.5. The first-order valence-corrected chi connectivity index (χ1v) is 11.2. The van der Waals surface area contributed by atoms with Crippen molar-refractivity contribution in [1.82, 2.24) is 5.32 Å². The van der Waals surface area contributed by atoms with Crippen LogP contribution < -0.4 is 19.5 Å². The lowest BCUT2D eigenvalue weighted by Crippen LogP contribution is -2.19. The minimum Gasteiger partial charge on any atom is -0.497 e. The number of amides is 1. The lowest BCUT2D eigenvalue weighted by molar-refractivity contribution is -0.115. The molecule has 7 nitrogen and oxygen atoms in total. The summed E-state index contributed by atoms with van der Waals surface area (Å²) in [5, 5.41) is 3.82. The second-order valence-corrected chi connectivity index (χ2v) is 8.45. The molecule has 9 heteroatoms. The minimum atomic E-state index is -0.527. The second-order valence-electron chi connectivity index (χ2n) is 6.99. The van der Waals surface area contributed by atoms with Crippen LogP contribution in [-0.2, 0) is 4.79 Å². The number of benzene rings is 3. The summed E-state index contributed by atoms with van der Waals surface area (Å²) in [6.07, 6.45) is 1.71. The Morgan fingerprint density at radius 1 is 0.971 bits per heavy atom. The molecule has 34 heavy (non-hydrogen) atoms. The first kappa shape index (κ1) is 23.4. The molecule has 1 aliphatic rings. The number of rotatable bonds is 6. The van der Waals surface area contributed by atoms with Gasteiger partial charge in [0.1, 0.15) is 5.75 Å². The van der Waals surface area contributed by atoms with Gasteiger partial charge >= 0.3 is 5.97 Å². The van der Waals surface area contributed by atoms with Crippen LogP contribution in [0.3, 0.4) is 0 Å². The summed E-state index contributed by atoms with van der Waals surface area (Å²) < 4.78 is 16.0. The van der Waals surface area contributed by atoms with Gasteiger partial charge in [-0.3, -0.25) is 4.79 Å². The van der Waals surface area contributed by atoms with E-state index < -0.39 is 5.97 Å². The summed E-state index contributed by atoms with van der Waals surface area (Å²) in [6, 6.07) is 18.6. The van der Waals surface area contributed by atoms with Crippen LogP contribution in [0.4, 0.5) is 5.69 Å². The molecule has 0 bridgehead atoms. The molecule has 3 aromatic carbocycles. The fourth-order valence-electron chi connectivity index (χ4n) is 3.01. The molecule has 0 saturated carbocycles. The minimum absolute atomic E-state index is 0.258. The molecule has 1 N–H and O–H groups in total. The van der Waals surface area contributed by atoms with Crippen molar-refractivity contribution in [1.29, 1.82) is 0 Å². The molecular weight excluding hydrogens is 476 g/mol. The fraction of sp³-hybridized carbons (Fsp3) is 0.0800. The van der Waals surface area contributed by atoms with E-state index >= 15 is 0 Å². The highest BCUT2D eigenvalue weighted by Gasteiger charge is 2.24.